The number of para-hydroxylation sites is 1. The van der Waals surface area contributed by atoms with E-state index < -0.39 is 17.5 Å². The van der Waals surface area contributed by atoms with E-state index in [1.807, 2.05) is 6.07 Å². The molecule has 4 heterocycles. The van der Waals surface area contributed by atoms with Crippen LogP contribution in [0, 0.1) is 5.92 Å². The van der Waals surface area contributed by atoms with E-state index in [-0.39, 0.29) is 11.3 Å². The number of benzene rings is 1. The molecule has 0 spiro atoms. The molecule has 0 bridgehead atoms. The number of hydrogen-bond acceptors (Lipinski definition) is 9. The minimum atomic E-state index is -4.80. The van der Waals surface area contributed by atoms with Gasteiger partial charge in [-0.05, 0) is 73.0 Å². The third kappa shape index (κ3) is 6.96. The normalized spacial score (nSPS) is 17.4. The Kier molecular flexibility index (Phi) is 8.31. The summed E-state index contributed by atoms with van der Waals surface area (Å²) in [4.78, 5) is 38.9. The summed E-state index contributed by atoms with van der Waals surface area (Å²) in [6, 6.07) is 11.3. The first kappa shape index (κ1) is 27.6. The van der Waals surface area contributed by atoms with E-state index in [1.54, 1.807) is 42.7 Å². The summed E-state index contributed by atoms with van der Waals surface area (Å²) in [7, 11) is 0. The molecule has 13 heteroatoms. The Bertz CT molecular complexity index is 1430. The van der Waals surface area contributed by atoms with Crippen LogP contribution in [0.4, 0.5) is 23.9 Å². The molecule has 2 fully saturated rings. The quantitative estimate of drug-likeness (QED) is 0.370. The van der Waals surface area contributed by atoms with E-state index in [0.717, 1.165) is 49.8 Å². The molecule has 2 saturated heterocycles. The van der Waals surface area contributed by atoms with Gasteiger partial charge in [0.15, 0.2) is 0 Å². The zero-order chi connectivity index (χ0) is 28.1. The third-order valence-corrected chi connectivity index (χ3v) is 7.30. The van der Waals surface area contributed by atoms with Gasteiger partial charge in [-0.15, -0.1) is 13.2 Å². The lowest BCUT2D eigenvalue weighted by atomic mass is 9.96. The van der Waals surface area contributed by atoms with E-state index in [1.165, 1.54) is 12.1 Å². The molecule has 40 heavy (non-hydrogen) atoms. The summed E-state index contributed by atoms with van der Waals surface area (Å²) >= 11 is 0.844. The topological polar surface area (TPSA) is 109 Å². The molecule has 0 atom stereocenters. The minimum absolute atomic E-state index is 0.280. The number of nitrogens with zero attached hydrogens (tertiary/aromatic N) is 4. The lowest BCUT2D eigenvalue weighted by Gasteiger charge is -2.32. The molecular formula is C27H25F3N6O3S. The number of pyridine rings is 1. The summed E-state index contributed by atoms with van der Waals surface area (Å²) < 4.78 is 43.0. The SMILES string of the molecule is O=C1NC(=O)/C(=C\c2ccnc(N3CCC(CNCc4cccnc4-c4ccccc4OC(F)(F)F)CC3)n2)S1. The van der Waals surface area contributed by atoms with Crippen LogP contribution in [0.15, 0.2) is 59.8 Å². The third-order valence-electron chi connectivity index (χ3n) is 6.49. The number of hydrogen-bond donors (Lipinski definition) is 2. The molecule has 9 nitrogen and oxygen atoms in total. The average Bonchev–Trinajstić information content (AvgIpc) is 3.25. The van der Waals surface area contributed by atoms with Crippen LogP contribution in [0.5, 0.6) is 5.75 Å². The minimum Gasteiger partial charge on any atom is -0.405 e. The van der Waals surface area contributed by atoms with Crippen molar-refractivity contribution in [2.45, 2.75) is 25.7 Å². The lowest BCUT2D eigenvalue weighted by molar-refractivity contribution is -0.274. The van der Waals surface area contributed by atoms with Crippen LogP contribution in [-0.4, -0.2) is 52.1 Å². The molecule has 0 aliphatic carbocycles. The molecule has 2 amide bonds. The molecule has 2 N–H and O–H groups in total. The van der Waals surface area contributed by atoms with Gasteiger partial charge in [-0.25, -0.2) is 9.97 Å². The second-order valence-corrected chi connectivity index (χ2v) is 10.3. The van der Waals surface area contributed by atoms with Gasteiger partial charge in [0.05, 0.1) is 16.3 Å². The molecule has 0 saturated carbocycles. The van der Waals surface area contributed by atoms with E-state index in [0.29, 0.717) is 34.7 Å². The number of aromatic nitrogens is 3. The van der Waals surface area contributed by atoms with Gasteiger partial charge < -0.3 is 15.0 Å². The van der Waals surface area contributed by atoms with Crippen molar-refractivity contribution in [1.82, 2.24) is 25.6 Å². The lowest BCUT2D eigenvalue weighted by Crippen LogP contribution is -2.38. The van der Waals surface area contributed by atoms with Crippen LogP contribution in [0.25, 0.3) is 17.3 Å². The summed E-state index contributed by atoms with van der Waals surface area (Å²) in [6.45, 7) is 2.68. The van der Waals surface area contributed by atoms with Crippen molar-refractivity contribution in [2.75, 3.05) is 24.5 Å². The molecule has 0 unspecified atom stereocenters. The molecule has 5 rings (SSSR count). The molecule has 2 aromatic heterocycles. The van der Waals surface area contributed by atoms with E-state index in [4.69, 9.17) is 0 Å². The predicted molar refractivity (Wildman–Crippen MR) is 144 cm³/mol. The molecule has 0 radical (unpaired) electrons. The van der Waals surface area contributed by atoms with Gasteiger partial charge in [-0.2, -0.15) is 0 Å². The molecule has 2 aliphatic rings. The highest BCUT2D eigenvalue weighted by Gasteiger charge is 2.32. The number of anilines is 1. The fourth-order valence-electron chi connectivity index (χ4n) is 4.60. The predicted octanol–water partition coefficient (Wildman–Crippen LogP) is 4.77. The number of alkyl halides is 3. The first-order chi connectivity index (χ1) is 19.2. The highest BCUT2D eigenvalue weighted by molar-refractivity contribution is 8.18. The van der Waals surface area contributed by atoms with Crippen molar-refractivity contribution in [3.8, 4) is 17.0 Å². The maximum atomic E-state index is 12.9. The van der Waals surface area contributed by atoms with Crippen molar-refractivity contribution < 1.29 is 27.5 Å². The van der Waals surface area contributed by atoms with E-state index in [9.17, 15) is 22.8 Å². The molecular weight excluding hydrogens is 545 g/mol. The Hall–Kier alpha value is -3.97. The Morgan fingerprint density at radius 2 is 1.88 bits per heavy atom. The number of carbonyl (C=O) groups excluding carboxylic acids is 2. The van der Waals surface area contributed by atoms with Crippen LogP contribution in [0.1, 0.15) is 24.1 Å². The number of piperidine rings is 1. The standard InChI is InChI=1S/C27H25F3N6O3S/c28-27(29,30)39-21-6-2-1-5-20(21)23-18(4-3-10-32-23)16-31-15-17-8-12-36(13-9-17)25-33-11-7-19(34-25)14-22-24(37)35-26(38)40-22/h1-7,10-11,14,17,31H,8-9,12-13,15-16H2,(H,35,37,38)/b22-14+. The number of rotatable bonds is 8. The Labute approximate surface area is 232 Å². The molecule has 2 aliphatic heterocycles. The Balaban J connectivity index is 1.16. The Morgan fingerprint density at radius 1 is 1.07 bits per heavy atom. The number of thioether (sulfide) groups is 1. The number of ether oxygens (including phenoxy) is 1. The Morgan fingerprint density at radius 3 is 2.62 bits per heavy atom. The average molecular weight is 571 g/mol. The number of halogens is 3. The second-order valence-electron chi connectivity index (χ2n) is 9.25. The van der Waals surface area contributed by atoms with Crippen molar-refractivity contribution in [1.29, 1.82) is 0 Å². The van der Waals surface area contributed by atoms with Gasteiger partial charge in [0.2, 0.25) is 5.95 Å². The highest BCUT2D eigenvalue weighted by Crippen LogP contribution is 2.34. The van der Waals surface area contributed by atoms with Crippen molar-refractivity contribution in [3.05, 3.63) is 71.0 Å². The van der Waals surface area contributed by atoms with Gasteiger partial charge in [0.1, 0.15) is 5.75 Å². The number of nitrogens with one attached hydrogen (secondary N) is 2. The summed E-state index contributed by atoms with van der Waals surface area (Å²) in [5.74, 6) is 0.242. The first-order valence-electron chi connectivity index (χ1n) is 12.6. The number of carbonyl (C=O) groups is 2. The van der Waals surface area contributed by atoms with Crippen LogP contribution in [0.3, 0.4) is 0 Å². The maximum Gasteiger partial charge on any atom is 0.573 e. The summed E-state index contributed by atoms with van der Waals surface area (Å²) in [5, 5.41) is 5.26. The molecule has 3 aromatic rings. The van der Waals surface area contributed by atoms with Gasteiger partial charge in [0.25, 0.3) is 11.1 Å². The van der Waals surface area contributed by atoms with Crippen LogP contribution in [-0.2, 0) is 11.3 Å². The van der Waals surface area contributed by atoms with Gasteiger partial charge >= 0.3 is 6.36 Å². The van der Waals surface area contributed by atoms with Gasteiger partial charge in [-0.1, -0.05) is 18.2 Å². The zero-order valence-electron chi connectivity index (χ0n) is 21.1. The van der Waals surface area contributed by atoms with Crippen LogP contribution in [0.2, 0.25) is 0 Å². The molecule has 1 aromatic carbocycles. The van der Waals surface area contributed by atoms with Gasteiger partial charge in [0, 0.05) is 37.6 Å². The fourth-order valence-corrected chi connectivity index (χ4v) is 5.26. The van der Waals surface area contributed by atoms with Crippen molar-refractivity contribution >= 4 is 34.9 Å². The maximum absolute atomic E-state index is 12.9. The zero-order valence-corrected chi connectivity index (χ0v) is 22.0. The van der Waals surface area contributed by atoms with Crippen molar-refractivity contribution in [2.24, 2.45) is 5.92 Å². The van der Waals surface area contributed by atoms with Crippen LogP contribution < -0.4 is 20.3 Å². The van der Waals surface area contributed by atoms with E-state index >= 15 is 0 Å². The second kappa shape index (κ2) is 12.0. The molecule has 208 valence electrons. The van der Waals surface area contributed by atoms with Crippen molar-refractivity contribution in [3.63, 3.8) is 0 Å². The summed E-state index contributed by atoms with van der Waals surface area (Å²) in [6.07, 6.45) is 1.76. The monoisotopic (exact) mass is 570 g/mol. The smallest absolute Gasteiger partial charge is 0.405 e. The van der Waals surface area contributed by atoms with Gasteiger partial charge in [-0.3, -0.25) is 19.9 Å². The number of imide groups is 1. The fraction of sp³-hybridized carbons (Fsp3) is 0.296. The first-order valence-corrected chi connectivity index (χ1v) is 13.4. The van der Waals surface area contributed by atoms with E-state index in [2.05, 4.69) is 35.2 Å². The number of amides is 2. The highest BCUT2D eigenvalue weighted by atomic mass is 32.2. The summed E-state index contributed by atoms with van der Waals surface area (Å²) in [5.41, 5.74) is 2.04. The van der Waals surface area contributed by atoms with Crippen LogP contribution >= 0.6 is 11.8 Å². The largest absolute Gasteiger partial charge is 0.573 e.